The molecule has 4 aromatic carbocycles. The zero-order valence-corrected chi connectivity index (χ0v) is 27.8. The highest BCUT2D eigenvalue weighted by molar-refractivity contribution is 6.01. The quantitative estimate of drug-likeness (QED) is 0.209. The van der Waals surface area contributed by atoms with Gasteiger partial charge >= 0.3 is 0 Å². The molecule has 4 rings (SSSR count). The van der Waals surface area contributed by atoms with Gasteiger partial charge in [0.15, 0.2) is 5.78 Å². The number of Topliss-reactive ketones (excluding diaryl/α,β-unsaturated/α-hetero) is 1. The average molecular weight is 567 g/mol. The Morgan fingerprint density at radius 1 is 0.595 bits per heavy atom. The number of rotatable bonds is 7. The molecule has 3 heteroatoms. The number of ether oxygens (including phenoxy) is 2. The Bertz CT molecular complexity index is 1450. The predicted octanol–water partition coefficient (Wildman–Crippen LogP) is 10.7. The lowest BCUT2D eigenvalue weighted by Gasteiger charge is -2.38. The van der Waals surface area contributed by atoms with Gasteiger partial charge in [0, 0.05) is 19.8 Å². The van der Waals surface area contributed by atoms with Gasteiger partial charge in [0.05, 0.1) is 11.2 Å². The van der Waals surface area contributed by atoms with Crippen molar-refractivity contribution >= 4 is 5.78 Å². The maximum absolute atomic E-state index is 12.2. The number of benzene rings is 4. The van der Waals surface area contributed by atoms with Crippen LogP contribution in [-0.4, -0.2) is 31.2 Å². The van der Waals surface area contributed by atoms with Crippen LogP contribution >= 0.6 is 0 Å². The minimum absolute atomic E-state index is 0.0929. The zero-order valence-electron chi connectivity index (χ0n) is 27.8. The smallest absolute Gasteiger partial charge is 0.160 e. The van der Waals surface area contributed by atoms with Gasteiger partial charge in [0.2, 0.25) is 0 Å². The van der Waals surface area contributed by atoms with Crippen molar-refractivity contribution in [2.45, 2.75) is 80.4 Å². The molecule has 0 aliphatic heterocycles. The van der Waals surface area contributed by atoms with Crippen LogP contribution in [0.25, 0.3) is 33.4 Å². The van der Waals surface area contributed by atoms with Crippen LogP contribution < -0.4 is 0 Å². The minimum atomic E-state index is -0.234. The molecule has 0 atom stereocenters. The Morgan fingerprint density at radius 3 is 1.62 bits per heavy atom. The summed E-state index contributed by atoms with van der Waals surface area (Å²) >= 11 is 0. The highest BCUT2D eigenvalue weighted by atomic mass is 16.5. The lowest BCUT2D eigenvalue weighted by atomic mass is 9.86. The Labute approximate surface area is 254 Å². The van der Waals surface area contributed by atoms with Crippen molar-refractivity contribution in [2.75, 3.05) is 14.2 Å². The number of hydrogen-bond acceptors (Lipinski definition) is 3. The molecule has 0 bridgehead atoms. The van der Waals surface area contributed by atoms with Gasteiger partial charge in [0.1, 0.15) is 0 Å². The first-order valence-electron chi connectivity index (χ1n) is 14.8. The number of carbonyl (C=O) groups is 1. The highest BCUT2D eigenvalue weighted by Crippen LogP contribution is 2.37. The largest absolute Gasteiger partial charge is 0.376 e. The zero-order chi connectivity index (χ0) is 31.7. The first-order valence-corrected chi connectivity index (χ1v) is 14.8. The fraction of sp³-hybridized carbons (Fsp3) is 0.359. The molecule has 0 aromatic heterocycles. The molecule has 0 heterocycles. The molecule has 42 heavy (non-hydrogen) atoms. The van der Waals surface area contributed by atoms with E-state index in [1.54, 1.807) is 21.1 Å². The molecule has 0 spiro atoms. The van der Waals surface area contributed by atoms with E-state index in [0.29, 0.717) is 0 Å². The Kier molecular flexibility index (Phi) is 12.5. The summed E-state index contributed by atoms with van der Waals surface area (Å²) in [7, 11) is 3.39. The van der Waals surface area contributed by atoms with Crippen LogP contribution in [-0.2, 0) is 9.47 Å². The molecular weight excluding hydrogens is 516 g/mol. The second kappa shape index (κ2) is 15.1. The summed E-state index contributed by atoms with van der Waals surface area (Å²) in [5, 5.41) is 0. The minimum Gasteiger partial charge on any atom is -0.376 e. The van der Waals surface area contributed by atoms with Gasteiger partial charge in [-0.15, -0.1) is 0 Å². The Morgan fingerprint density at radius 2 is 1.10 bits per heavy atom. The Hall–Kier alpha value is -3.53. The topological polar surface area (TPSA) is 35.5 Å². The first kappa shape index (κ1) is 34.7. The van der Waals surface area contributed by atoms with Crippen LogP contribution in [0.15, 0.2) is 84.9 Å². The fourth-order valence-electron chi connectivity index (χ4n) is 4.66. The van der Waals surface area contributed by atoms with Gasteiger partial charge in [-0.25, -0.2) is 0 Å². The van der Waals surface area contributed by atoms with E-state index < -0.39 is 0 Å². The summed E-state index contributed by atoms with van der Waals surface area (Å²) in [6, 6.07) is 29.5. The third-order valence-corrected chi connectivity index (χ3v) is 8.25. The second-order valence-corrected chi connectivity index (χ2v) is 11.4. The molecule has 0 amide bonds. The van der Waals surface area contributed by atoms with E-state index >= 15 is 0 Å². The van der Waals surface area contributed by atoms with E-state index in [0.717, 1.165) is 16.7 Å². The normalized spacial score (nSPS) is 11.1. The van der Waals surface area contributed by atoms with Crippen molar-refractivity contribution in [1.29, 1.82) is 0 Å². The lowest BCUT2D eigenvalue weighted by molar-refractivity contribution is -0.147. The van der Waals surface area contributed by atoms with Crippen molar-refractivity contribution in [2.24, 2.45) is 0 Å². The monoisotopic (exact) mass is 566 g/mol. The van der Waals surface area contributed by atoms with Gasteiger partial charge in [-0.05, 0) is 112 Å². The van der Waals surface area contributed by atoms with Crippen molar-refractivity contribution in [3.63, 3.8) is 0 Å². The van der Waals surface area contributed by atoms with Crippen LogP contribution in [0.2, 0.25) is 0 Å². The fourth-order valence-corrected chi connectivity index (χ4v) is 4.66. The molecule has 0 unspecified atom stereocenters. The average Bonchev–Trinajstić information content (AvgIpc) is 3.00. The lowest BCUT2D eigenvalue weighted by Crippen LogP contribution is -2.48. The molecular formula is C39H50O3. The van der Waals surface area contributed by atoms with Crippen LogP contribution in [0.1, 0.15) is 75.5 Å². The summed E-state index contributed by atoms with van der Waals surface area (Å²) in [5.41, 5.74) is 10.9. The van der Waals surface area contributed by atoms with Gasteiger partial charge in [-0.2, -0.15) is 0 Å². The maximum Gasteiger partial charge on any atom is 0.160 e. The van der Waals surface area contributed by atoms with Crippen molar-refractivity contribution in [3.05, 3.63) is 107 Å². The van der Waals surface area contributed by atoms with Gasteiger partial charge in [-0.1, -0.05) is 92.7 Å². The van der Waals surface area contributed by atoms with E-state index in [-0.39, 0.29) is 17.0 Å². The standard InChI is InChI=1S/C29H26O.C8H18O2.C2H6/c1-19-16-28(26-13-9-8-12-25(26)22(4)30)21(3)29(17-19)27-18-24(15-14-20(27)2)23-10-6-5-7-11-23;1-7(2,9-5)8(3,4)10-6;1-2/h5-18H,1-4H3;1-6H3;1-2H3. The molecule has 0 aliphatic rings. The van der Waals surface area contributed by atoms with E-state index in [1.807, 2.05) is 65.8 Å². The molecule has 3 nitrogen and oxygen atoms in total. The SMILES string of the molecule is CC.CC(=O)c1ccccc1-c1cc(C)cc(-c2cc(-c3ccccc3)ccc2C)c1C.COC(C)(C)C(C)(C)OC. The number of carbonyl (C=O) groups excluding carboxylic acids is 1. The van der Waals surface area contributed by atoms with E-state index in [1.165, 1.54) is 38.9 Å². The third-order valence-electron chi connectivity index (χ3n) is 8.25. The summed E-state index contributed by atoms with van der Waals surface area (Å²) in [4.78, 5) is 12.2. The predicted molar refractivity (Wildman–Crippen MR) is 180 cm³/mol. The van der Waals surface area contributed by atoms with Gasteiger partial charge in [0.25, 0.3) is 0 Å². The van der Waals surface area contributed by atoms with Crippen molar-refractivity contribution in [3.8, 4) is 33.4 Å². The molecule has 0 fully saturated rings. The number of hydrogen-bond donors (Lipinski definition) is 0. The third kappa shape index (κ3) is 8.06. The number of aryl methyl sites for hydroxylation is 2. The van der Waals surface area contributed by atoms with E-state index in [4.69, 9.17) is 9.47 Å². The van der Waals surface area contributed by atoms with Crippen LogP contribution in [0.5, 0.6) is 0 Å². The van der Waals surface area contributed by atoms with Crippen LogP contribution in [0, 0.1) is 20.8 Å². The summed E-state index contributed by atoms with van der Waals surface area (Å²) in [6.45, 7) is 20.1. The molecule has 4 aromatic rings. The Balaban J connectivity index is 0.000000438. The molecule has 0 radical (unpaired) electrons. The molecule has 0 saturated heterocycles. The van der Waals surface area contributed by atoms with Crippen molar-refractivity contribution < 1.29 is 14.3 Å². The highest BCUT2D eigenvalue weighted by Gasteiger charge is 2.37. The summed E-state index contributed by atoms with van der Waals surface area (Å²) in [5.74, 6) is 0.0929. The number of ketones is 1. The molecule has 0 saturated carbocycles. The number of methoxy groups -OCH3 is 2. The van der Waals surface area contributed by atoms with Gasteiger partial charge < -0.3 is 9.47 Å². The molecule has 224 valence electrons. The molecule has 0 aliphatic carbocycles. The van der Waals surface area contributed by atoms with Crippen LogP contribution in [0.4, 0.5) is 0 Å². The van der Waals surface area contributed by atoms with Crippen LogP contribution in [0.3, 0.4) is 0 Å². The van der Waals surface area contributed by atoms with Crippen molar-refractivity contribution in [1.82, 2.24) is 0 Å². The van der Waals surface area contributed by atoms with Gasteiger partial charge in [-0.3, -0.25) is 4.79 Å². The summed E-state index contributed by atoms with van der Waals surface area (Å²) < 4.78 is 10.5. The van der Waals surface area contributed by atoms with E-state index in [2.05, 4.69) is 81.4 Å². The second-order valence-electron chi connectivity index (χ2n) is 11.4. The first-order chi connectivity index (χ1) is 19.8. The van der Waals surface area contributed by atoms with E-state index in [9.17, 15) is 4.79 Å². The maximum atomic E-state index is 12.2. The summed E-state index contributed by atoms with van der Waals surface area (Å²) in [6.07, 6.45) is 0. The molecule has 0 N–H and O–H groups in total.